The highest BCUT2D eigenvalue weighted by Gasteiger charge is 2.32. The van der Waals surface area contributed by atoms with Gasteiger partial charge < -0.3 is 9.73 Å². The number of carbonyl (C=O) groups is 1. The number of allylic oxidation sites excluding steroid dienone is 1. The molecule has 0 unspecified atom stereocenters. The second-order valence-electron chi connectivity index (χ2n) is 9.58. The monoisotopic (exact) mass is 598 g/mol. The molecule has 0 radical (unpaired) electrons. The fourth-order valence-electron chi connectivity index (χ4n) is 4.81. The molecule has 1 aliphatic heterocycles. The highest BCUT2D eigenvalue weighted by atomic mass is 32.1. The minimum atomic E-state index is -0.968. The molecule has 1 aliphatic rings. The summed E-state index contributed by atoms with van der Waals surface area (Å²) in [6, 6.07) is 20.0. The molecular weight excluding hydrogens is 578 g/mol. The Morgan fingerprint density at radius 3 is 2.53 bits per heavy atom. The number of benzene rings is 3. The Morgan fingerprint density at radius 2 is 1.81 bits per heavy atom. The number of hydrogen-bond acceptors (Lipinski definition) is 7. The van der Waals surface area contributed by atoms with Gasteiger partial charge in [-0.3, -0.25) is 24.3 Å². The molecule has 1 N–H and O–H groups in total. The molecule has 3 heterocycles. The number of aromatic nitrogens is 1. The van der Waals surface area contributed by atoms with Gasteiger partial charge >= 0.3 is 5.69 Å². The number of fused-ring (bicyclic) bond motifs is 1. The first-order valence-corrected chi connectivity index (χ1v) is 13.7. The van der Waals surface area contributed by atoms with Crippen LogP contribution in [-0.4, -0.2) is 15.4 Å². The third kappa shape index (κ3) is 5.31. The number of carbonyl (C=O) groups excluding carboxylic acids is 1. The van der Waals surface area contributed by atoms with E-state index in [4.69, 9.17) is 4.42 Å². The van der Waals surface area contributed by atoms with Crippen LogP contribution >= 0.6 is 11.3 Å². The number of halogens is 2. The summed E-state index contributed by atoms with van der Waals surface area (Å²) in [7, 11) is 0. The Morgan fingerprint density at radius 1 is 1.07 bits per heavy atom. The Hall–Kier alpha value is -5.49. The lowest BCUT2D eigenvalue weighted by Gasteiger charge is -2.25. The predicted octanol–water partition coefficient (Wildman–Crippen LogP) is 5.32. The molecule has 43 heavy (non-hydrogen) atoms. The summed E-state index contributed by atoms with van der Waals surface area (Å²) >= 11 is 1.08. The molecule has 3 aromatic carbocycles. The minimum Gasteiger partial charge on any atom is -0.457 e. The number of para-hydroxylation sites is 1. The molecule has 5 aromatic rings. The van der Waals surface area contributed by atoms with Crippen molar-refractivity contribution in [1.82, 2.24) is 4.57 Å². The maximum absolute atomic E-state index is 13.9. The van der Waals surface area contributed by atoms with Crippen LogP contribution < -0.4 is 20.2 Å². The minimum absolute atomic E-state index is 0.229. The van der Waals surface area contributed by atoms with Crippen molar-refractivity contribution in [2.75, 3.05) is 5.32 Å². The fourth-order valence-corrected chi connectivity index (χ4v) is 5.84. The molecule has 1 amide bonds. The van der Waals surface area contributed by atoms with Gasteiger partial charge in [0.15, 0.2) is 4.80 Å². The SMILES string of the molecule is CC1=C(C(=O)Nc2ccccc2)[C@H](c2ccc(F)cc2)n2c(s/c(=C\c3ccc(-c4ccc(F)c([N+](=O)[O-])c4)o3)c2=O)=N1. The van der Waals surface area contributed by atoms with Gasteiger partial charge in [0.25, 0.3) is 11.5 Å². The number of anilines is 1. The molecule has 0 fully saturated rings. The van der Waals surface area contributed by atoms with Crippen LogP contribution in [0.3, 0.4) is 0 Å². The van der Waals surface area contributed by atoms with Gasteiger partial charge in [-0.1, -0.05) is 41.7 Å². The van der Waals surface area contributed by atoms with Gasteiger partial charge in [0.05, 0.1) is 26.8 Å². The van der Waals surface area contributed by atoms with E-state index in [2.05, 4.69) is 10.3 Å². The van der Waals surface area contributed by atoms with E-state index in [0.717, 1.165) is 23.5 Å². The van der Waals surface area contributed by atoms with Crippen molar-refractivity contribution in [3.05, 3.63) is 149 Å². The summed E-state index contributed by atoms with van der Waals surface area (Å²) in [5.74, 6) is -1.39. The summed E-state index contributed by atoms with van der Waals surface area (Å²) in [4.78, 5) is 42.6. The number of nitrogens with one attached hydrogen (secondary N) is 1. The molecule has 9 nitrogen and oxygen atoms in total. The van der Waals surface area contributed by atoms with Crippen LogP contribution in [0, 0.1) is 21.7 Å². The van der Waals surface area contributed by atoms with Gasteiger partial charge in [0, 0.05) is 23.4 Å². The number of thiazole rings is 1. The first-order chi connectivity index (χ1) is 20.7. The molecule has 6 rings (SSSR count). The molecule has 12 heteroatoms. The predicted molar refractivity (Wildman–Crippen MR) is 156 cm³/mol. The molecular formula is C31H20F2N4O5S. The number of nitro groups is 1. The van der Waals surface area contributed by atoms with E-state index in [1.165, 1.54) is 41.0 Å². The maximum Gasteiger partial charge on any atom is 0.305 e. The second-order valence-corrected chi connectivity index (χ2v) is 10.6. The van der Waals surface area contributed by atoms with E-state index < -0.39 is 39.8 Å². The second kappa shape index (κ2) is 11.1. The normalized spacial score (nSPS) is 14.8. The van der Waals surface area contributed by atoms with E-state index in [0.29, 0.717) is 21.7 Å². The van der Waals surface area contributed by atoms with Crippen LogP contribution in [0.2, 0.25) is 0 Å². The van der Waals surface area contributed by atoms with Crippen LogP contribution in [0.5, 0.6) is 0 Å². The first-order valence-electron chi connectivity index (χ1n) is 12.9. The zero-order valence-electron chi connectivity index (χ0n) is 22.3. The molecule has 0 saturated heterocycles. The third-order valence-electron chi connectivity index (χ3n) is 6.81. The van der Waals surface area contributed by atoms with Crippen molar-refractivity contribution in [2.45, 2.75) is 13.0 Å². The molecule has 0 saturated carbocycles. The highest BCUT2D eigenvalue weighted by Crippen LogP contribution is 2.31. The number of furan rings is 1. The molecule has 0 aliphatic carbocycles. The smallest absolute Gasteiger partial charge is 0.305 e. The van der Waals surface area contributed by atoms with Crippen molar-refractivity contribution in [2.24, 2.45) is 4.99 Å². The van der Waals surface area contributed by atoms with Gasteiger partial charge in [0.2, 0.25) is 5.82 Å². The average Bonchev–Trinajstić information content (AvgIpc) is 3.57. The summed E-state index contributed by atoms with van der Waals surface area (Å²) in [6.45, 7) is 1.67. The summed E-state index contributed by atoms with van der Waals surface area (Å²) < 4.78 is 35.1. The summed E-state index contributed by atoms with van der Waals surface area (Å²) in [5.41, 5.74) is 0.845. The first kappa shape index (κ1) is 27.7. The van der Waals surface area contributed by atoms with E-state index >= 15 is 0 Å². The van der Waals surface area contributed by atoms with Gasteiger partial charge in [0.1, 0.15) is 17.3 Å². The number of nitro benzene ring substituents is 1. The van der Waals surface area contributed by atoms with E-state index in [1.54, 1.807) is 43.3 Å². The van der Waals surface area contributed by atoms with Crippen molar-refractivity contribution in [3.63, 3.8) is 0 Å². The van der Waals surface area contributed by atoms with Crippen molar-refractivity contribution < 1.29 is 22.9 Å². The molecule has 0 bridgehead atoms. The van der Waals surface area contributed by atoms with E-state index in [-0.39, 0.29) is 27.2 Å². The van der Waals surface area contributed by atoms with Gasteiger partial charge in [-0.25, -0.2) is 9.38 Å². The van der Waals surface area contributed by atoms with Crippen molar-refractivity contribution >= 4 is 34.7 Å². The molecule has 2 aromatic heterocycles. The van der Waals surface area contributed by atoms with Crippen LogP contribution in [0.25, 0.3) is 17.4 Å². The van der Waals surface area contributed by atoms with Crippen LogP contribution in [-0.2, 0) is 4.79 Å². The van der Waals surface area contributed by atoms with Crippen LogP contribution in [0.1, 0.15) is 24.3 Å². The standard InChI is InChI=1S/C31H20F2N4O5S/c1-17-27(29(38)35-21-5-3-2-4-6-21)28(18-7-10-20(32)11-8-18)36-30(39)26(43-31(36)34-17)16-22-12-14-25(42-22)19-9-13-23(33)24(15-19)37(40)41/h2-16,28H,1H3,(H,35,38)/b26-16-/t28-/m0/s1. The zero-order valence-corrected chi connectivity index (χ0v) is 23.1. The third-order valence-corrected chi connectivity index (χ3v) is 7.79. The Bertz CT molecular complexity index is 2120. The molecule has 1 atom stereocenters. The number of hydrogen-bond donors (Lipinski definition) is 1. The van der Waals surface area contributed by atoms with Crippen LogP contribution in [0.15, 0.2) is 110 Å². The number of rotatable bonds is 6. The Balaban J connectivity index is 1.43. The van der Waals surface area contributed by atoms with E-state index in [1.807, 2.05) is 6.07 Å². The largest absolute Gasteiger partial charge is 0.457 e. The van der Waals surface area contributed by atoms with Gasteiger partial charge in [-0.2, -0.15) is 4.39 Å². The molecule has 214 valence electrons. The highest BCUT2D eigenvalue weighted by molar-refractivity contribution is 7.07. The average molecular weight is 599 g/mol. The lowest BCUT2D eigenvalue weighted by Crippen LogP contribution is -2.40. The van der Waals surface area contributed by atoms with Crippen molar-refractivity contribution in [1.29, 1.82) is 0 Å². The maximum atomic E-state index is 13.9. The summed E-state index contributed by atoms with van der Waals surface area (Å²) in [6.07, 6.45) is 1.50. The van der Waals surface area contributed by atoms with Gasteiger partial charge in [-0.05, 0) is 61.0 Å². The lowest BCUT2D eigenvalue weighted by atomic mass is 9.95. The Labute approximate surface area is 245 Å². The topological polar surface area (TPSA) is 120 Å². The lowest BCUT2D eigenvalue weighted by molar-refractivity contribution is -0.387. The van der Waals surface area contributed by atoms with Gasteiger partial charge in [-0.15, -0.1) is 0 Å². The zero-order chi connectivity index (χ0) is 30.2. The van der Waals surface area contributed by atoms with E-state index in [9.17, 15) is 28.5 Å². The number of nitrogens with zero attached hydrogens (tertiary/aromatic N) is 3. The summed E-state index contributed by atoms with van der Waals surface area (Å²) in [5, 5.41) is 14.0. The fraction of sp³-hybridized carbons (Fsp3) is 0.0645. The van der Waals surface area contributed by atoms with Crippen LogP contribution in [0.4, 0.5) is 20.2 Å². The molecule has 0 spiro atoms. The number of amides is 1. The van der Waals surface area contributed by atoms with Crippen molar-refractivity contribution in [3.8, 4) is 11.3 Å². The Kier molecular flexibility index (Phi) is 7.12. The quantitative estimate of drug-likeness (QED) is 0.210.